The van der Waals surface area contributed by atoms with Crippen LogP contribution in [0.5, 0.6) is 0 Å². The van der Waals surface area contributed by atoms with Gasteiger partial charge in [0.05, 0.1) is 6.04 Å². The van der Waals surface area contributed by atoms with Gasteiger partial charge in [-0.3, -0.25) is 4.90 Å². The van der Waals surface area contributed by atoms with E-state index in [1.165, 1.54) is 20.9 Å². The van der Waals surface area contributed by atoms with Crippen LogP contribution in [0.4, 0.5) is 0 Å². The Labute approximate surface area is 125 Å². The van der Waals surface area contributed by atoms with E-state index in [-0.39, 0.29) is 0 Å². The van der Waals surface area contributed by atoms with E-state index in [9.17, 15) is 0 Å². The van der Waals surface area contributed by atoms with Crippen molar-refractivity contribution in [1.29, 1.82) is 0 Å². The summed E-state index contributed by atoms with van der Waals surface area (Å²) in [7, 11) is 0. The van der Waals surface area contributed by atoms with Crippen molar-refractivity contribution in [3.63, 3.8) is 0 Å². The fraction of sp³-hybridized carbons (Fsp3) is 0.412. The molecule has 1 atom stereocenters. The number of aryl methyl sites for hydroxylation is 1. The molecule has 1 aromatic carbocycles. The summed E-state index contributed by atoms with van der Waals surface area (Å²) in [5, 5.41) is 0. The molecule has 0 fully saturated rings. The van der Waals surface area contributed by atoms with Crippen LogP contribution in [0.15, 0.2) is 36.4 Å². The maximum atomic E-state index is 6.07. The largest absolute Gasteiger partial charge is 0.329 e. The Bertz CT molecular complexity index is 549. The van der Waals surface area contributed by atoms with Gasteiger partial charge in [0.25, 0.3) is 0 Å². The molecule has 0 aliphatic carbocycles. The van der Waals surface area contributed by atoms with E-state index in [1.807, 2.05) is 11.3 Å². The Kier molecular flexibility index (Phi) is 4.20. The van der Waals surface area contributed by atoms with Crippen molar-refractivity contribution in [1.82, 2.24) is 4.90 Å². The summed E-state index contributed by atoms with van der Waals surface area (Å²) < 4.78 is 0. The fourth-order valence-corrected chi connectivity index (χ4v) is 4.10. The number of nitrogens with two attached hydrogens (primary N) is 1. The van der Waals surface area contributed by atoms with Crippen LogP contribution in [0.1, 0.15) is 26.9 Å². The van der Waals surface area contributed by atoms with Crippen LogP contribution in [0.3, 0.4) is 0 Å². The van der Waals surface area contributed by atoms with Crippen molar-refractivity contribution in [3.8, 4) is 0 Å². The number of nitrogens with zero attached hydrogens (tertiary/aromatic N) is 1. The molecular weight excluding hydrogens is 264 g/mol. The van der Waals surface area contributed by atoms with Gasteiger partial charge in [-0.2, -0.15) is 0 Å². The van der Waals surface area contributed by atoms with Crippen LogP contribution in [0.25, 0.3) is 0 Å². The lowest BCUT2D eigenvalue weighted by molar-refractivity contribution is 0.214. The standard InChI is InChI=1S/C17H22N2S/c1-13-6-7-17(20-13)16(12-18)19-10-8-14-4-2-3-5-15(14)9-11-19/h2-7,16H,8-12,18H2,1H3. The molecule has 1 aliphatic rings. The van der Waals surface area contributed by atoms with Crippen molar-refractivity contribution in [2.24, 2.45) is 5.73 Å². The molecule has 3 rings (SSSR count). The Morgan fingerprint density at radius 1 is 1.10 bits per heavy atom. The highest BCUT2D eigenvalue weighted by Gasteiger charge is 2.22. The molecule has 0 saturated heterocycles. The van der Waals surface area contributed by atoms with Crippen LogP contribution in [-0.4, -0.2) is 24.5 Å². The van der Waals surface area contributed by atoms with Crippen LogP contribution in [0, 0.1) is 6.92 Å². The number of hydrogen-bond acceptors (Lipinski definition) is 3. The van der Waals surface area contributed by atoms with Gasteiger partial charge in [-0.25, -0.2) is 0 Å². The van der Waals surface area contributed by atoms with E-state index in [2.05, 4.69) is 48.2 Å². The first-order valence-corrected chi connectivity index (χ1v) is 8.17. The van der Waals surface area contributed by atoms with Crippen LogP contribution in [-0.2, 0) is 12.8 Å². The average molecular weight is 286 g/mol. The van der Waals surface area contributed by atoms with Crippen molar-refractivity contribution in [3.05, 3.63) is 57.3 Å². The molecule has 2 nitrogen and oxygen atoms in total. The van der Waals surface area contributed by atoms with Gasteiger partial charge in [-0.05, 0) is 43.0 Å². The minimum absolute atomic E-state index is 0.378. The molecule has 1 unspecified atom stereocenters. The minimum Gasteiger partial charge on any atom is -0.329 e. The summed E-state index contributed by atoms with van der Waals surface area (Å²) in [5.74, 6) is 0. The molecule has 106 valence electrons. The van der Waals surface area contributed by atoms with Crippen molar-refractivity contribution < 1.29 is 0 Å². The number of hydrogen-bond donors (Lipinski definition) is 1. The van der Waals surface area contributed by atoms with Gasteiger partial charge < -0.3 is 5.73 Å². The highest BCUT2D eigenvalue weighted by atomic mass is 32.1. The predicted octanol–water partition coefficient (Wildman–Crippen LogP) is 3.16. The van der Waals surface area contributed by atoms with Crippen LogP contribution < -0.4 is 5.73 Å². The van der Waals surface area contributed by atoms with Gasteiger partial charge >= 0.3 is 0 Å². The summed E-state index contributed by atoms with van der Waals surface area (Å²) in [5.41, 5.74) is 9.08. The first-order chi connectivity index (χ1) is 9.78. The summed E-state index contributed by atoms with van der Waals surface area (Å²) in [6, 6.07) is 13.7. The van der Waals surface area contributed by atoms with E-state index in [0.29, 0.717) is 12.6 Å². The first-order valence-electron chi connectivity index (χ1n) is 7.35. The van der Waals surface area contributed by atoms with Gasteiger partial charge in [-0.15, -0.1) is 11.3 Å². The zero-order chi connectivity index (χ0) is 13.9. The molecule has 2 aromatic rings. The molecule has 3 heteroatoms. The lowest BCUT2D eigenvalue weighted by atomic mass is 10.0. The fourth-order valence-electron chi connectivity index (χ4n) is 3.07. The maximum Gasteiger partial charge on any atom is 0.0564 e. The van der Waals surface area contributed by atoms with Crippen LogP contribution >= 0.6 is 11.3 Å². The molecule has 1 aliphatic heterocycles. The summed E-state index contributed by atoms with van der Waals surface area (Å²) >= 11 is 1.88. The lowest BCUT2D eigenvalue weighted by Crippen LogP contribution is -2.35. The van der Waals surface area contributed by atoms with Crippen molar-refractivity contribution >= 4 is 11.3 Å². The third-order valence-electron chi connectivity index (χ3n) is 4.21. The SMILES string of the molecule is Cc1ccc(C(CN)N2CCc3ccccc3CC2)s1. The number of benzene rings is 1. The van der Waals surface area contributed by atoms with Gasteiger partial charge in [0.15, 0.2) is 0 Å². The van der Waals surface area contributed by atoms with E-state index >= 15 is 0 Å². The van der Waals surface area contributed by atoms with Gasteiger partial charge in [0, 0.05) is 29.4 Å². The smallest absolute Gasteiger partial charge is 0.0564 e. The maximum absolute atomic E-state index is 6.07. The van der Waals surface area contributed by atoms with Gasteiger partial charge in [-0.1, -0.05) is 24.3 Å². The molecule has 0 bridgehead atoms. The quantitative estimate of drug-likeness (QED) is 0.939. The third-order valence-corrected chi connectivity index (χ3v) is 5.31. The van der Waals surface area contributed by atoms with E-state index in [1.54, 1.807) is 0 Å². The molecule has 0 spiro atoms. The van der Waals surface area contributed by atoms with E-state index < -0.39 is 0 Å². The second-order valence-corrected chi connectivity index (χ2v) is 6.82. The Hall–Kier alpha value is -1.16. The van der Waals surface area contributed by atoms with Crippen LogP contribution in [0.2, 0.25) is 0 Å². The molecule has 2 heterocycles. The average Bonchev–Trinajstić information content (AvgIpc) is 2.77. The molecule has 1 aromatic heterocycles. The molecule has 2 N–H and O–H groups in total. The van der Waals surface area contributed by atoms with Gasteiger partial charge in [0.1, 0.15) is 0 Å². The Morgan fingerprint density at radius 3 is 2.25 bits per heavy atom. The van der Waals surface area contributed by atoms with E-state index in [0.717, 1.165) is 25.9 Å². The Morgan fingerprint density at radius 2 is 1.75 bits per heavy atom. The summed E-state index contributed by atoms with van der Waals surface area (Å²) in [6.45, 7) is 5.09. The highest BCUT2D eigenvalue weighted by Crippen LogP contribution is 2.28. The normalized spacial score (nSPS) is 17.5. The molecule has 20 heavy (non-hydrogen) atoms. The molecule has 0 saturated carbocycles. The lowest BCUT2D eigenvalue weighted by Gasteiger charge is -2.28. The molecule has 0 radical (unpaired) electrons. The summed E-state index contributed by atoms with van der Waals surface area (Å²) in [6.07, 6.45) is 2.27. The van der Waals surface area contributed by atoms with Gasteiger partial charge in [0.2, 0.25) is 0 Å². The number of thiophene rings is 1. The minimum atomic E-state index is 0.378. The third kappa shape index (κ3) is 2.80. The van der Waals surface area contributed by atoms with Crippen molar-refractivity contribution in [2.75, 3.05) is 19.6 Å². The monoisotopic (exact) mass is 286 g/mol. The van der Waals surface area contributed by atoms with E-state index in [4.69, 9.17) is 5.73 Å². The topological polar surface area (TPSA) is 29.3 Å². The molecular formula is C17H22N2S. The van der Waals surface area contributed by atoms with Crippen molar-refractivity contribution in [2.45, 2.75) is 25.8 Å². The Balaban J connectivity index is 1.78. The highest BCUT2D eigenvalue weighted by molar-refractivity contribution is 7.12. The second kappa shape index (κ2) is 6.08. The zero-order valence-corrected chi connectivity index (χ0v) is 12.8. The second-order valence-electron chi connectivity index (χ2n) is 5.50. The zero-order valence-electron chi connectivity index (χ0n) is 12.0. The number of fused-ring (bicyclic) bond motifs is 1. The summed E-state index contributed by atoms with van der Waals surface area (Å²) in [4.78, 5) is 5.35. The predicted molar refractivity (Wildman–Crippen MR) is 86.3 cm³/mol. The number of rotatable bonds is 3. The first kappa shape index (κ1) is 13.8. The molecule has 0 amide bonds.